The number of hydrogen-bond donors (Lipinski definition) is 2. The Bertz CT molecular complexity index is 587. The molecule has 0 radical (unpaired) electrons. The van der Waals surface area contributed by atoms with Crippen LogP contribution in [0.15, 0.2) is 24.4 Å². The third kappa shape index (κ3) is 2.85. The molecule has 2 rings (SSSR count). The smallest absolute Gasteiger partial charge is 0.128 e. The van der Waals surface area contributed by atoms with Crippen LogP contribution in [0.2, 0.25) is 0 Å². The summed E-state index contributed by atoms with van der Waals surface area (Å²) in [6.45, 7) is 6.19. The van der Waals surface area contributed by atoms with Crippen LogP contribution < -0.4 is 10.5 Å². The van der Waals surface area contributed by atoms with Gasteiger partial charge in [0.2, 0.25) is 0 Å². The lowest BCUT2D eigenvalue weighted by Crippen LogP contribution is -2.34. The van der Waals surface area contributed by atoms with Crippen molar-refractivity contribution in [2.75, 3.05) is 7.11 Å². The van der Waals surface area contributed by atoms with Gasteiger partial charge < -0.3 is 15.5 Å². The third-order valence-electron chi connectivity index (χ3n) is 3.53. The molecule has 0 aliphatic carbocycles. The molecule has 3 N–H and O–H groups in total. The Morgan fingerprint density at radius 3 is 2.80 bits per heavy atom. The summed E-state index contributed by atoms with van der Waals surface area (Å²) in [5.41, 5.74) is 9.02. The van der Waals surface area contributed by atoms with Gasteiger partial charge in [0.05, 0.1) is 24.5 Å². The molecule has 0 bridgehead atoms. The fraction of sp³-hybridized carbons (Fsp3) is 0.438. The van der Waals surface area contributed by atoms with Gasteiger partial charge in [0.25, 0.3) is 0 Å². The zero-order valence-electron chi connectivity index (χ0n) is 12.7. The topological polar surface area (TPSA) is 63.9 Å². The quantitative estimate of drug-likeness (QED) is 0.878. The van der Waals surface area contributed by atoms with E-state index < -0.39 is 5.54 Å². The van der Waals surface area contributed by atoms with Gasteiger partial charge in [-0.05, 0) is 32.4 Å². The zero-order chi connectivity index (χ0) is 14.8. The van der Waals surface area contributed by atoms with Crippen LogP contribution in [0.4, 0.5) is 0 Å². The van der Waals surface area contributed by atoms with Gasteiger partial charge in [-0.15, -0.1) is 0 Å². The van der Waals surface area contributed by atoms with Crippen molar-refractivity contribution in [3.8, 4) is 17.0 Å². The molecular weight excluding hydrogens is 250 g/mol. The second-order valence-electron chi connectivity index (χ2n) is 5.52. The van der Waals surface area contributed by atoms with Crippen LogP contribution in [0.5, 0.6) is 5.75 Å². The minimum absolute atomic E-state index is 0.427. The van der Waals surface area contributed by atoms with E-state index in [9.17, 15) is 0 Å². The molecule has 108 valence electrons. The van der Waals surface area contributed by atoms with Crippen LogP contribution in [-0.2, 0) is 5.54 Å². The Kier molecular flexibility index (Phi) is 4.14. The van der Waals surface area contributed by atoms with Crippen LogP contribution >= 0.6 is 0 Å². The second kappa shape index (κ2) is 5.67. The highest BCUT2D eigenvalue weighted by Gasteiger charge is 2.24. The maximum Gasteiger partial charge on any atom is 0.128 e. The van der Waals surface area contributed by atoms with Gasteiger partial charge in [-0.2, -0.15) is 0 Å². The summed E-state index contributed by atoms with van der Waals surface area (Å²) >= 11 is 0. The highest BCUT2D eigenvalue weighted by atomic mass is 16.5. The van der Waals surface area contributed by atoms with E-state index in [1.54, 1.807) is 7.11 Å². The Hall–Kier alpha value is -1.81. The number of imidazole rings is 1. The lowest BCUT2D eigenvalue weighted by atomic mass is 9.97. The van der Waals surface area contributed by atoms with Gasteiger partial charge in [0.15, 0.2) is 0 Å². The first-order chi connectivity index (χ1) is 9.47. The highest BCUT2D eigenvalue weighted by molar-refractivity contribution is 5.67. The summed E-state index contributed by atoms with van der Waals surface area (Å²) in [5, 5.41) is 0. The number of hydrogen-bond acceptors (Lipinski definition) is 3. The van der Waals surface area contributed by atoms with E-state index in [1.165, 1.54) is 5.56 Å². The van der Waals surface area contributed by atoms with Gasteiger partial charge in [-0.1, -0.05) is 25.0 Å². The molecule has 0 fully saturated rings. The molecule has 1 heterocycles. The maximum absolute atomic E-state index is 6.32. The van der Waals surface area contributed by atoms with E-state index in [1.807, 2.05) is 25.3 Å². The summed E-state index contributed by atoms with van der Waals surface area (Å²) < 4.78 is 5.42. The minimum Gasteiger partial charge on any atom is -0.496 e. The molecule has 1 aromatic heterocycles. The number of aromatic nitrogens is 2. The van der Waals surface area contributed by atoms with Crippen molar-refractivity contribution in [1.82, 2.24) is 9.97 Å². The first-order valence-electron chi connectivity index (χ1n) is 6.97. The lowest BCUT2D eigenvalue weighted by Gasteiger charge is -2.21. The number of nitrogens with two attached hydrogens (primary N) is 1. The first kappa shape index (κ1) is 14.6. The monoisotopic (exact) mass is 273 g/mol. The van der Waals surface area contributed by atoms with E-state index in [0.717, 1.165) is 35.7 Å². The van der Waals surface area contributed by atoms with E-state index in [4.69, 9.17) is 10.5 Å². The number of H-pyrrole nitrogens is 1. The van der Waals surface area contributed by atoms with E-state index in [2.05, 4.69) is 29.9 Å². The number of nitrogens with zero attached hydrogens (tertiary/aromatic N) is 1. The highest BCUT2D eigenvalue weighted by Crippen LogP contribution is 2.31. The van der Waals surface area contributed by atoms with Crippen molar-refractivity contribution in [3.63, 3.8) is 0 Å². The molecule has 0 aliphatic rings. The predicted octanol–water partition coefficient (Wildman–Crippen LogP) is 3.37. The van der Waals surface area contributed by atoms with Crippen molar-refractivity contribution >= 4 is 0 Å². The fourth-order valence-corrected chi connectivity index (χ4v) is 2.42. The molecule has 4 nitrogen and oxygen atoms in total. The van der Waals surface area contributed by atoms with Crippen molar-refractivity contribution in [2.45, 2.75) is 39.2 Å². The fourth-order valence-electron chi connectivity index (χ4n) is 2.42. The molecule has 1 atom stereocenters. The second-order valence-corrected chi connectivity index (χ2v) is 5.52. The number of rotatable bonds is 5. The Morgan fingerprint density at radius 1 is 1.40 bits per heavy atom. The standard InChI is InChI=1S/C16H23N3O/c1-5-8-16(3,17)15-18-10-13(19-15)12-9-11(2)6-7-14(12)20-4/h6-7,9-10H,5,8,17H2,1-4H3,(H,18,19). The first-order valence-corrected chi connectivity index (χ1v) is 6.97. The minimum atomic E-state index is -0.427. The van der Waals surface area contributed by atoms with Crippen molar-refractivity contribution < 1.29 is 4.74 Å². The van der Waals surface area contributed by atoms with Gasteiger partial charge in [0, 0.05) is 5.56 Å². The van der Waals surface area contributed by atoms with Crippen molar-refractivity contribution in [3.05, 3.63) is 35.8 Å². The van der Waals surface area contributed by atoms with E-state index >= 15 is 0 Å². The summed E-state index contributed by atoms with van der Waals surface area (Å²) in [6, 6.07) is 6.09. The summed E-state index contributed by atoms with van der Waals surface area (Å²) in [5.74, 6) is 1.65. The van der Waals surface area contributed by atoms with Gasteiger partial charge in [0.1, 0.15) is 11.6 Å². The van der Waals surface area contributed by atoms with Crippen LogP contribution in [-0.4, -0.2) is 17.1 Å². The van der Waals surface area contributed by atoms with Crippen molar-refractivity contribution in [2.24, 2.45) is 5.73 Å². The average molecular weight is 273 g/mol. The summed E-state index contributed by atoms with van der Waals surface area (Å²) in [7, 11) is 1.68. The number of ether oxygens (including phenoxy) is 1. The number of aromatic amines is 1. The zero-order valence-corrected chi connectivity index (χ0v) is 12.7. The SMILES string of the molecule is CCCC(C)(N)c1ncc(-c2cc(C)ccc2OC)[nH]1. The Labute approximate surface area is 120 Å². The molecule has 2 aromatic rings. The molecular formula is C16H23N3O. The van der Waals surface area contributed by atoms with Gasteiger partial charge in [-0.25, -0.2) is 4.98 Å². The molecule has 1 aromatic carbocycles. The predicted molar refractivity (Wildman–Crippen MR) is 81.8 cm³/mol. The largest absolute Gasteiger partial charge is 0.496 e. The summed E-state index contributed by atoms with van der Waals surface area (Å²) in [4.78, 5) is 7.79. The molecule has 20 heavy (non-hydrogen) atoms. The van der Waals surface area contributed by atoms with Crippen molar-refractivity contribution in [1.29, 1.82) is 0 Å². The van der Waals surface area contributed by atoms with Gasteiger partial charge >= 0.3 is 0 Å². The molecule has 0 aliphatic heterocycles. The van der Waals surface area contributed by atoms with Crippen LogP contribution in [0.25, 0.3) is 11.3 Å². The molecule has 1 unspecified atom stereocenters. The van der Waals surface area contributed by atoms with Crippen LogP contribution in [0, 0.1) is 6.92 Å². The molecule has 4 heteroatoms. The molecule has 0 spiro atoms. The van der Waals surface area contributed by atoms with E-state index in [0.29, 0.717) is 0 Å². The molecule has 0 saturated heterocycles. The number of benzene rings is 1. The lowest BCUT2D eigenvalue weighted by molar-refractivity contribution is 0.415. The molecule has 0 saturated carbocycles. The number of nitrogens with one attached hydrogen (secondary N) is 1. The average Bonchev–Trinajstić information content (AvgIpc) is 2.89. The Balaban J connectivity index is 2.41. The third-order valence-corrected chi connectivity index (χ3v) is 3.53. The van der Waals surface area contributed by atoms with Crippen LogP contribution in [0.1, 0.15) is 38.1 Å². The Morgan fingerprint density at radius 2 is 2.15 bits per heavy atom. The normalized spacial score (nSPS) is 14.1. The van der Waals surface area contributed by atoms with Gasteiger partial charge in [-0.3, -0.25) is 0 Å². The summed E-state index contributed by atoms with van der Waals surface area (Å²) in [6.07, 6.45) is 3.75. The van der Waals surface area contributed by atoms with Crippen LogP contribution in [0.3, 0.4) is 0 Å². The number of methoxy groups -OCH3 is 1. The number of aryl methyl sites for hydroxylation is 1. The molecule has 0 amide bonds. The van der Waals surface area contributed by atoms with E-state index in [-0.39, 0.29) is 0 Å². The maximum atomic E-state index is 6.32.